The standard InChI is InChI=1S/C18H26O4/c1-3-5-7-9-13-11-12-15(17(19)20)16(18(21)22)14(13)10-8-6-4-2/h11-12H,3-10H2,1-2H3,(H,19,20)(H,21,22)/p-2. The number of aryl methyl sites for hydroxylation is 1. The van der Waals surface area contributed by atoms with Gasteiger partial charge in [0, 0.05) is 11.1 Å². The normalized spacial score (nSPS) is 10.6. The average Bonchev–Trinajstić information content (AvgIpc) is 2.47. The summed E-state index contributed by atoms with van der Waals surface area (Å²) in [6.07, 6.45) is 7.29. The number of rotatable bonds is 10. The minimum Gasteiger partial charge on any atom is -0.545 e. The molecular formula is C18H24O4-2. The molecule has 0 amide bonds. The van der Waals surface area contributed by atoms with E-state index in [2.05, 4.69) is 13.8 Å². The molecule has 0 unspecified atom stereocenters. The van der Waals surface area contributed by atoms with Gasteiger partial charge < -0.3 is 19.8 Å². The van der Waals surface area contributed by atoms with Crippen molar-refractivity contribution in [3.05, 3.63) is 34.4 Å². The van der Waals surface area contributed by atoms with Crippen molar-refractivity contribution in [3.63, 3.8) is 0 Å². The van der Waals surface area contributed by atoms with Crippen molar-refractivity contribution in [1.82, 2.24) is 0 Å². The topological polar surface area (TPSA) is 80.3 Å². The highest BCUT2D eigenvalue weighted by molar-refractivity contribution is 6.01. The maximum atomic E-state index is 11.5. The van der Waals surface area contributed by atoms with Gasteiger partial charge in [0.1, 0.15) is 0 Å². The Hall–Kier alpha value is -1.84. The molecule has 4 heteroatoms. The van der Waals surface area contributed by atoms with Crippen molar-refractivity contribution in [3.8, 4) is 0 Å². The van der Waals surface area contributed by atoms with Crippen molar-refractivity contribution in [2.24, 2.45) is 0 Å². The Kier molecular flexibility index (Phi) is 7.64. The van der Waals surface area contributed by atoms with Gasteiger partial charge in [0.05, 0.1) is 11.9 Å². The summed E-state index contributed by atoms with van der Waals surface area (Å²) < 4.78 is 0. The average molecular weight is 304 g/mol. The van der Waals surface area contributed by atoms with Gasteiger partial charge in [0.2, 0.25) is 0 Å². The van der Waals surface area contributed by atoms with E-state index in [9.17, 15) is 19.8 Å². The molecule has 1 aromatic carbocycles. The zero-order valence-corrected chi connectivity index (χ0v) is 13.4. The Labute approximate surface area is 132 Å². The van der Waals surface area contributed by atoms with E-state index in [0.29, 0.717) is 12.0 Å². The lowest BCUT2D eigenvalue weighted by Crippen LogP contribution is -2.31. The van der Waals surface area contributed by atoms with E-state index >= 15 is 0 Å². The summed E-state index contributed by atoms with van der Waals surface area (Å²) in [5.74, 6) is -2.89. The molecule has 0 aliphatic carbocycles. The molecule has 0 atom stereocenters. The lowest BCUT2D eigenvalue weighted by atomic mass is 9.89. The highest BCUT2D eigenvalue weighted by Gasteiger charge is 2.14. The summed E-state index contributed by atoms with van der Waals surface area (Å²) in [5, 5.41) is 22.6. The van der Waals surface area contributed by atoms with Gasteiger partial charge in [0.15, 0.2) is 0 Å². The van der Waals surface area contributed by atoms with Crippen LogP contribution in [0.4, 0.5) is 0 Å². The Morgan fingerprint density at radius 1 is 0.864 bits per heavy atom. The van der Waals surface area contributed by atoms with Crippen molar-refractivity contribution >= 4 is 11.9 Å². The smallest absolute Gasteiger partial charge is 0.0724 e. The fraction of sp³-hybridized carbons (Fsp3) is 0.556. The molecule has 0 N–H and O–H groups in total. The molecule has 1 rings (SSSR count). The number of carbonyl (C=O) groups excluding carboxylic acids is 2. The van der Waals surface area contributed by atoms with Crippen molar-refractivity contribution in [2.45, 2.75) is 65.2 Å². The van der Waals surface area contributed by atoms with Crippen molar-refractivity contribution < 1.29 is 19.8 Å². The van der Waals surface area contributed by atoms with Crippen LogP contribution in [0.15, 0.2) is 12.1 Å². The minimum absolute atomic E-state index is 0.190. The number of hydrogen-bond acceptors (Lipinski definition) is 4. The van der Waals surface area contributed by atoms with E-state index in [1.165, 1.54) is 6.07 Å². The van der Waals surface area contributed by atoms with Crippen molar-refractivity contribution in [1.29, 1.82) is 0 Å². The minimum atomic E-state index is -1.46. The van der Waals surface area contributed by atoms with Crippen LogP contribution in [-0.2, 0) is 12.8 Å². The van der Waals surface area contributed by atoms with E-state index < -0.39 is 11.9 Å². The van der Waals surface area contributed by atoms with Gasteiger partial charge in [-0.3, -0.25) is 0 Å². The van der Waals surface area contributed by atoms with E-state index in [0.717, 1.165) is 50.5 Å². The van der Waals surface area contributed by atoms with Crippen LogP contribution in [0, 0.1) is 0 Å². The van der Waals surface area contributed by atoms with Gasteiger partial charge >= 0.3 is 0 Å². The number of carboxylic acid groups (broad SMARTS) is 2. The molecule has 0 saturated heterocycles. The molecule has 0 spiro atoms. The number of carboxylic acids is 2. The molecule has 0 bridgehead atoms. The van der Waals surface area contributed by atoms with Gasteiger partial charge in [-0.2, -0.15) is 0 Å². The van der Waals surface area contributed by atoms with Crippen LogP contribution in [0.25, 0.3) is 0 Å². The SMILES string of the molecule is CCCCCc1ccc(C(=O)[O-])c(C(=O)[O-])c1CCCCC. The third-order valence-electron chi connectivity index (χ3n) is 3.91. The first-order chi connectivity index (χ1) is 10.5. The summed E-state index contributed by atoms with van der Waals surface area (Å²) in [6.45, 7) is 4.17. The molecule has 1 aromatic rings. The molecule has 0 fully saturated rings. The second-order valence-corrected chi connectivity index (χ2v) is 5.61. The number of carbonyl (C=O) groups is 2. The summed E-state index contributed by atoms with van der Waals surface area (Å²) in [4.78, 5) is 22.6. The predicted octanol–water partition coefficient (Wildman–Crippen LogP) is 1.88. The zero-order valence-electron chi connectivity index (χ0n) is 13.4. The Morgan fingerprint density at radius 3 is 1.95 bits per heavy atom. The lowest BCUT2D eigenvalue weighted by molar-refractivity contribution is -0.259. The van der Waals surface area contributed by atoms with Crippen LogP contribution in [-0.4, -0.2) is 11.9 Å². The predicted molar refractivity (Wildman–Crippen MR) is 81.6 cm³/mol. The quantitative estimate of drug-likeness (QED) is 0.618. The third-order valence-corrected chi connectivity index (χ3v) is 3.91. The molecular weight excluding hydrogens is 280 g/mol. The monoisotopic (exact) mass is 304 g/mol. The van der Waals surface area contributed by atoms with E-state index in [4.69, 9.17) is 0 Å². The maximum absolute atomic E-state index is 11.5. The number of unbranched alkanes of at least 4 members (excludes halogenated alkanes) is 4. The second kappa shape index (κ2) is 9.23. The van der Waals surface area contributed by atoms with Crippen LogP contribution in [0.5, 0.6) is 0 Å². The molecule has 22 heavy (non-hydrogen) atoms. The summed E-state index contributed by atoms with van der Waals surface area (Å²) in [5.41, 5.74) is 1.08. The van der Waals surface area contributed by atoms with Crippen LogP contribution in [0.3, 0.4) is 0 Å². The lowest BCUT2D eigenvalue weighted by Gasteiger charge is -2.20. The van der Waals surface area contributed by atoms with Crippen molar-refractivity contribution in [2.75, 3.05) is 0 Å². The number of benzene rings is 1. The largest absolute Gasteiger partial charge is 0.545 e. The second-order valence-electron chi connectivity index (χ2n) is 5.61. The van der Waals surface area contributed by atoms with Gasteiger partial charge in [-0.25, -0.2) is 0 Å². The molecule has 0 aliphatic rings. The first-order valence-electron chi connectivity index (χ1n) is 8.10. The van der Waals surface area contributed by atoms with E-state index in [1.807, 2.05) is 0 Å². The van der Waals surface area contributed by atoms with Gasteiger partial charge in [0.25, 0.3) is 0 Å². The van der Waals surface area contributed by atoms with Crippen LogP contribution < -0.4 is 10.2 Å². The van der Waals surface area contributed by atoms with Crippen LogP contribution in [0.2, 0.25) is 0 Å². The highest BCUT2D eigenvalue weighted by atomic mass is 16.4. The third kappa shape index (κ3) is 4.86. The van der Waals surface area contributed by atoms with Gasteiger partial charge in [-0.1, -0.05) is 51.7 Å². The molecule has 0 saturated carbocycles. The summed E-state index contributed by atoms with van der Waals surface area (Å²) in [6, 6.07) is 3.07. The highest BCUT2D eigenvalue weighted by Crippen LogP contribution is 2.23. The molecule has 0 heterocycles. The Balaban J connectivity index is 3.21. The van der Waals surface area contributed by atoms with Gasteiger partial charge in [-0.05, 0) is 36.8 Å². The first-order valence-corrected chi connectivity index (χ1v) is 8.10. The molecule has 0 radical (unpaired) electrons. The molecule has 122 valence electrons. The maximum Gasteiger partial charge on any atom is 0.0724 e. The Bertz CT molecular complexity index is 520. The van der Waals surface area contributed by atoms with Crippen LogP contribution in [0.1, 0.15) is 84.2 Å². The Morgan fingerprint density at radius 2 is 1.45 bits per heavy atom. The number of hydrogen-bond donors (Lipinski definition) is 0. The van der Waals surface area contributed by atoms with Gasteiger partial charge in [-0.15, -0.1) is 0 Å². The molecule has 0 aromatic heterocycles. The summed E-state index contributed by atoms with van der Waals surface area (Å²) in [7, 11) is 0. The summed E-state index contributed by atoms with van der Waals surface area (Å²) >= 11 is 0. The van der Waals surface area contributed by atoms with Crippen LogP contribution >= 0.6 is 0 Å². The fourth-order valence-corrected chi connectivity index (χ4v) is 2.73. The number of aromatic carboxylic acids is 2. The molecule has 4 nitrogen and oxygen atoms in total. The zero-order chi connectivity index (χ0) is 16.5. The van der Waals surface area contributed by atoms with E-state index in [-0.39, 0.29) is 11.1 Å². The fourth-order valence-electron chi connectivity index (χ4n) is 2.73. The first kappa shape index (κ1) is 18.2. The molecule has 0 aliphatic heterocycles. The van der Waals surface area contributed by atoms with E-state index in [1.54, 1.807) is 6.07 Å².